The summed E-state index contributed by atoms with van der Waals surface area (Å²) >= 11 is 0. The number of alkyl halides is 21. The summed E-state index contributed by atoms with van der Waals surface area (Å²) in [5.74, 6) is -1.15. The fourth-order valence-corrected chi connectivity index (χ4v) is 8.25. The molecule has 0 N–H and O–H groups in total. The van der Waals surface area contributed by atoms with Gasteiger partial charge < -0.3 is 0 Å². The molecule has 1 unspecified atom stereocenters. The van der Waals surface area contributed by atoms with E-state index in [-0.39, 0.29) is 40.0 Å². The quantitative estimate of drug-likeness (QED) is 0.233. The minimum Gasteiger partial charge on any atom is -0.171 e. The van der Waals surface area contributed by atoms with Crippen LogP contribution in [0.3, 0.4) is 0 Å². The zero-order valence-corrected chi connectivity index (χ0v) is 54.4. The van der Waals surface area contributed by atoms with Crippen molar-refractivity contribution in [3.8, 4) is 0 Å². The summed E-state index contributed by atoms with van der Waals surface area (Å²) in [6.07, 6.45) is -9.35. The van der Waals surface area contributed by atoms with Crippen LogP contribution in [0.15, 0.2) is 0 Å². The van der Waals surface area contributed by atoms with Crippen LogP contribution in [0.5, 0.6) is 0 Å². The molecular formula is C62H113F21. The highest BCUT2D eigenvalue weighted by atomic mass is 19.4. The molecule has 0 aliphatic heterocycles. The number of hydrogen-bond donors (Lipinski definition) is 0. The molecule has 0 saturated heterocycles. The fourth-order valence-electron chi connectivity index (χ4n) is 8.25. The monoisotopic (exact) mass is 1260 g/mol. The van der Waals surface area contributed by atoms with Gasteiger partial charge in [-0.1, -0.05) is 208 Å². The average molecular weight is 1260 g/mol. The van der Waals surface area contributed by atoms with Crippen molar-refractivity contribution >= 4 is 0 Å². The smallest absolute Gasteiger partial charge is 0.171 e. The first-order valence-electron chi connectivity index (χ1n) is 30.2. The Morgan fingerprint density at radius 1 is 0.313 bits per heavy atom. The lowest BCUT2D eigenvalue weighted by Gasteiger charge is -2.38. The van der Waals surface area contributed by atoms with Gasteiger partial charge in [-0.15, -0.1) is 0 Å². The summed E-state index contributed by atoms with van der Waals surface area (Å²) in [7, 11) is 0. The predicted molar refractivity (Wildman–Crippen MR) is 299 cm³/mol. The summed E-state index contributed by atoms with van der Waals surface area (Å²) < 4.78 is 250. The minimum atomic E-state index is -5.24. The van der Waals surface area contributed by atoms with Gasteiger partial charge in [0.05, 0.1) is 16.7 Å². The van der Waals surface area contributed by atoms with Crippen LogP contribution in [0, 0.1) is 49.2 Å². The van der Waals surface area contributed by atoms with E-state index in [0.29, 0.717) is 36.5 Å². The van der Waals surface area contributed by atoms with Crippen LogP contribution in [0.25, 0.3) is 0 Å². The fraction of sp³-hybridized carbons (Fsp3) is 1.00. The highest BCUT2D eigenvalue weighted by molar-refractivity contribution is 4.91. The molecule has 0 amide bonds. The first kappa shape index (κ1) is 90.3. The van der Waals surface area contributed by atoms with Crippen LogP contribution in [0.1, 0.15) is 305 Å². The van der Waals surface area contributed by atoms with Gasteiger partial charge in [0.25, 0.3) is 0 Å². The zero-order valence-electron chi connectivity index (χ0n) is 54.4. The maximum Gasteiger partial charge on any atom is 0.402 e. The molecule has 0 aromatic rings. The zero-order chi connectivity index (χ0) is 67.5. The Morgan fingerprint density at radius 2 is 0.530 bits per heavy atom. The number of halogens is 21. The summed E-state index contributed by atoms with van der Waals surface area (Å²) in [4.78, 5) is 0. The highest BCUT2D eigenvalue weighted by Crippen LogP contribution is 2.54. The van der Waals surface area contributed by atoms with E-state index in [1.807, 2.05) is 0 Å². The van der Waals surface area contributed by atoms with Crippen LogP contribution in [-0.2, 0) is 0 Å². The number of hydrogen-bond acceptors (Lipinski definition) is 0. The largest absolute Gasteiger partial charge is 0.402 e. The van der Waals surface area contributed by atoms with Gasteiger partial charge in [-0.05, 0) is 119 Å². The second-order valence-corrected chi connectivity index (χ2v) is 27.1. The number of rotatable bonds is 6. The maximum atomic E-state index is 12.6. The van der Waals surface area contributed by atoms with Crippen LogP contribution in [-0.4, -0.2) is 43.2 Å². The Hall–Kier alpha value is -1.47. The molecule has 4 fully saturated rings. The van der Waals surface area contributed by atoms with Gasteiger partial charge >= 0.3 is 43.2 Å². The Labute approximate surface area is 489 Å². The van der Waals surface area contributed by atoms with E-state index in [1.165, 1.54) is 97.3 Å². The van der Waals surface area contributed by atoms with E-state index in [2.05, 4.69) is 83.1 Å². The van der Waals surface area contributed by atoms with E-state index in [0.717, 1.165) is 49.9 Å². The Bertz CT molecular complexity index is 1520. The molecule has 4 aliphatic rings. The summed E-state index contributed by atoms with van der Waals surface area (Å²) in [6, 6.07) is 0. The predicted octanol–water partition coefficient (Wildman–Crippen LogP) is 27.9. The van der Waals surface area contributed by atoms with E-state index < -0.39 is 77.2 Å². The third-order valence-electron chi connectivity index (χ3n) is 18.2. The second-order valence-electron chi connectivity index (χ2n) is 27.1. The third-order valence-corrected chi connectivity index (χ3v) is 18.2. The topological polar surface area (TPSA) is 0 Å². The Morgan fingerprint density at radius 3 is 0.614 bits per heavy atom. The lowest BCUT2D eigenvalue weighted by atomic mass is 9.72. The molecule has 83 heavy (non-hydrogen) atoms. The Kier molecular flexibility index (Phi) is 40.1. The third kappa shape index (κ3) is 34.8. The molecule has 4 saturated carbocycles. The molecule has 508 valence electrons. The molecule has 0 radical (unpaired) electrons. The van der Waals surface area contributed by atoms with Crippen LogP contribution in [0.2, 0.25) is 0 Å². The van der Waals surface area contributed by atoms with Crippen molar-refractivity contribution < 1.29 is 92.2 Å². The summed E-state index contributed by atoms with van der Waals surface area (Å²) in [6.45, 7) is 34.6. The molecule has 0 aromatic heterocycles. The molecule has 4 aliphatic carbocycles. The molecular weight excluding hydrogens is 1140 g/mol. The lowest BCUT2D eigenvalue weighted by molar-refractivity contribution is -0.335. The van der Waals surface area contributed by atoms with E-state index in [9.17, 15) is 92.2 Å². The highest BCUT2D eigenvalue weighted by Gasteiger charge is 2.66. The SMILES string of the molecule is CC(C)(C(F)(F)F)C(F)(F)F.CCC(C)(C(F)(F)F)C(F)(F)F.CCC(C)(C)C.CCC(C)(C)C.CCC(C)C(F)(F)F.CCC1(C(F)(F)F)CCCC1.CCC1(C(F)(F)F)CCCCC1.CCC1(C)CCCC1.CCC1(C)CCCCC1. The summed E-state index contributed by atoms with van der Waals surface area (Å²) in [5, 5.41) is 0. The molecule has 0 spiro atoms. The molecule has 0 bridgehead atoms. The van der Waals surface area contributed by atoms with Gasteiger partial charge in [-0.25, -0.2) is 0 Å². The lowest BCUT2D eigenvalue weighted by Crippen LogP contribution is -2.47. The van der Waals surface area contributed by atoms with Crippen molar-refractivity contribution in [1.82, 2.24) is 0 Å². The average Bonchev–Trinajstić information content (AvgIpc) is 4.04. The molecule has 4 rings (SSSR count). The van der Waals surface area contributed by atoms with Gasteiger partial charge in [0, 0.05) is 0 Å². The van der Waals surface area contributed by atoms with Gasteiger partial charge in [0.2, 0.25) is 0 Å². The van der Waals surface area contributed by atoms with Crippen molar-refractivity contribution in [1.29, 1.82) is 0 Å². The van der Waals surface area contributed by atoms with E-state index in [4.69, 9.17) is 0 Å². The van der Waals surface area contributed by atoms with Gasteiger partial charge in [-0.2, -0.15) is 92.2 Å². The first-order chi connectivity index (χ1) is 36.7. The molecule has 0 aromatic carbocycles. The van der Waals surface area contributed by atoms with Crippen LogP contribution in [0.4, 0.5) is 92.2 Å². The van der Waals surface area contributed by atoms with Crippen molar-refractivity contribution in [3.63, 3.8) is 0 Å². The van der Waals surface area contributed by atoms with Gasteiger partial charge in [0.15, 0.2) is 10.8 Å². The maximum absolute atomic E-state index is 12.6. The molecule has 0 nitrogen and oxygen atoms in total. The first-order valence-corrected chi connectivity index (χ1v) is 30.2. The Balaban J connectivity index is -0.000000277. The normalized spacial score (nSPS) is 19.5. The van der Waals surface area contributed by atoms with Crippen LogP contribution < -0.4 is 0 Å². The van der Waals surface area contributed by atoms with Gasteiger partial charge in [0.1, 0.15) is 0 Å². The van der Waals surface area contributed by atoms with Gasteiger partial charge in [-0.3, -0.25) is 0 Å². The second kappa shape index (κ2) is 36.9. The van der Waals surface area contributed by atoms with Crippen molar-refractivity contribution in [2.24, 2.45) is 49.2 Å². The molecule has 0 heterocycles. The van der Waals surface area contributed by atoms with E-state index >= 15 is 0 Å². The van der Waals surface area contributed by atoms with E-state index in [1.54, 1.807) is 13.8 Å². The van der Waals surface area contributed by atoms with Crippen molar-refractivity contribution in [3.05, 3.63) is 0 Å². The molecule has 1 atom stereocenters. The minimum absolute atomic E-state index is 0.104. The standard InChI is InChI=1S/C9H15F3.C9H18.C8H13F3.C8H16.C6H8F6.2C6H14.C5H6F6.C5H9F3/c1-2-8(9(10,11)12)6-4-3-5-7-8;1-3-9(2)7-5-4-6-8-9;1-2-7(8(9,10)11)5-3-4-6-7;1-3-8(2)6-4-5-7-8;1-3-4(2,5(7,8)9)6(10,11)12;2*1-5-6(2,3)4;1-3(2,4(6,7)8)5(9,10)11;1-3-4(2)5(6,7)8/h2-7H2,1H3;3-8H2,1-2H3;2-6H2,1H3;3-7H2,1-2H3;3H2,1-2H3;2*5H2,1-4H3;1-2H3;4H,3H2,1-2H3. The molecule has 21 heteroatoms. The van der Waals surface area contributed by atoms with Crippen molar-refractivity contribution in [2.75, 3.05) is 0 Å². The van der Waals surface area contributed by atoms with Crippen LogP contribution >= 0.6 is 0 Å². The summed E-state index contributed by atoms with van der Waals surface area (Å²) in [5.41, 5.74) is -7.34. The van der Waals surface area contributed by atoms with Crippen molar-refractivity contribution in [2.45, 2.75) is 349 Å².